The molecule has 9 heteroatoms. The number of nitrogens with two attached hydrogens (primary N) is 6. The second kappa shape index (κ2) is 10.2. The van der Waals surface area contributed by atoms with Crippen LogP contribution in [0.15, 0.2) is 15.0 Å². The fourth-order valence-corrected chi connectivity index (χ4v) is 3.46. The predicted molar refractivity (Wildman–Crippen MR) is 113 cm³/mol. The van der Waals surface area contributed by atoms with Crippen LogP contribution in [0.25, 0.3) is 0 Å². The van der Waals surface area contributed by atoms with Gasteiger partial charge in [0.05, 0.1) is 19.6 Å². The van der Waals surface area contributed by atoms with Crippen LogP contribution >= 0.6 is 0 Å². The Morgan fingerprint density at radius 3 is 0.852 bits per heavy atom. The molecule has 0 atom stereocenters. The van der Waals surface area contributed by atoms with Crippen molar-refractivity contribution in [1.82, 2.24) is 0 Å². The lowest BCUT2D eigenvalue weighted by atomic mass is 9.83. The van der Waals surface area contributed by atoms with Crippen LogP contribution in [0.4, 0.5) is 0 Å². The van der Waals surface area contributed by atoms with Crippen molar-refractivity contribution in [2.45, 2.75) is 59.7 Å². The average molecular weight is 376 g/mol. The number of guanidine groups is 3. The highest BCUT2D eigenvalue weighted by Crippen LogP contribution is 2.32. The summed E-state index contributed by atoms with van der Waals surface area (Å²) in [6.07, 6.45) is 2.44. The van der Waals surface area contributed by atoms with E-state index >= 15 is 0 Å². The molecular weight excluding hydrogens is 342 g/mol. The first-order valence-corrected chi connectivity index (χ1v) is 9.09. The maximum atomic E-state index is 5.57. The Labute approximate surface area is 161 Å². The number of aliphatic imine (C=N–C) groups is 3. The highest BCUT2D eigenvalue weighted by Gasteiger charge is 2.21. The van der Waals surface area contributed by atoms with Gasteiger partial charge in [0, 0.05) is 0 Å². The fourth-order valence-electron chi connectivity index (χ4n) is 3.46. The molecule has 12 N–H and O–H groups in total. The van der Waals surface area contributed by atoms with Crippen LogP contribution in [0, 0.1) is 0 Å². The molecule has 0 aliphatic rings. The Bertz CT molecular complexity index is 615. The van der Waals surface area contributed by atoms with Gasteiger partial charge < -0.3 is 34.4 Å². The minimum atomic E-state index is 0.0511. The molecule has 1 aromatic carbocycles. The predicted octanol–water partition coefficient (Wildman–Crippen LogP) is -0.306. The van der Waals surface area contributed by atoms with Crippen LogP contribution in [0.5, 0.6) is 0 Å². The maximum Gasteiger partial charge on any atom is 0.186 e. The SMILES string of the molecule is CCc1c(CN=C(N)N)c(CC)c(CN=C(N)N)c(CC)c1CN=C(N)N. The molecule has 0 bridgehead atoms. The monoisotopic (exact) mass is 375 g/mol. The van der Waals surface area contributed by atoms with Crippen molar-refractivity contribution in [3.63, 3.8) is 0 Å². The first kappa shape index (κ1) is 22.1. The van der Waals surface area contributed by atoms with Gasteiger partial charge in [0.25, 0.3) is 0 Å². The Morgan fingerprint density at radius 1 is 0.481 bits per heavy atom. The number of hydrogen-bond acceptors (Lipinski definition) is 3. The number of hydrogen-bond donors (Lipinski definition) is 6. The van der Waals surface area contributed by atoms with Gasteiger partial charge in [-0.1, -0.05) is 20.8 Å². The molecule has 0 aliphatic heterocycles. The van der Waals surface area contributed by atoms with E-state index in [-0.39, 0.29) is 17.9 Å². The molecule has 0 amide bonds. The highest BCUT2D eigenvalue weighted by molar-refractivity contribution is 5.76. The molecule has 9 nitrogen and oxygen atoms in total. The minimum absolute atomic E-state index is 0.0511. The van der Waals surface area contributed by atoms with Crippen molar-refractivity contribution >= 4 is 17.9 Å². The lowest BCUT2D eigenvalue weighted by Crippen LogP contribution is -2.24. The lowest BCUT2D eigenvalue weighted by Gasteiger charge is -2.24. The van der Waals surface area contributed by atoms with Gasteiger partial charge in [0.15, 0.2) is 17.9 Å². The zero-order chi connectivity index (χ0) is 20.6. The van der Waals surface area contributed by atoms with Crippen LogP contribution in [-0.4, -0.2) is 17.9 Å². The molecule has 150 valence electrons. The van der Waals surface area contributed by atoms with Crippen molar-refractivity contribution in [2.24, 2.45) is 49.4 Å². The van der Waals surface area contributed by atoms with Crippen molar-refractivity contribution in [2.75, 3.05) is 0 Å². The van der Waals surface area contributed by atoms with E-state index in [1.165, 1.54) is 16.7 Å². The average Bonchev–Trinajstić information content (AvgIpc) is 2.61. The summed E-state index contributed by atoms with van der Waals surface area (Å²) in [4.78, 5) is 12.7. The molecular formula is C18H33N9. The summed E-state index contributed by atoms with van der Waals surface area (Å²) in [5.74, 6) is 0.153. The van der Waals surface area contributed by atoms with Gasteiger partial charge in [-0.05, 0) is 52.6 Å². The van der Waals surface area contributed by atoms with E-state index in [0.717, 1.165) is 36.0 Å². The van der Waals surface area contributed by atoms with E-state index in [4.69, 9.17) is 34.4 Å². The third-order valence-electron chi connectivity index (χ3n) is 4.51. The number of rotatable bonds is 9. The molecule has 0 fully saturated rings. The van der Waals surface area contributed by atoms with E-state index in [9.17, 15) is 0 Å². The second-order valence-corrected chi connectivity index (χ2v) is 6.16. The molecule has 0 heterocycles. The summed E-state index contributed by atoms with van der Waals surface area (Å²) in [6, 6.07) is 0. The zero-order valence-corrected chi connectivity index (χ0v) is 16.5. The molecule has 1 rings (SSSR count). The third kappa shape index (κ3) is 5.77. The fraction of sp³-hybridized carbons (Fsp3) is 0.500. The van der Waals surface area contributed by atoms with E-state index in [0.29, 0.717) is 19.6 Å². The standard InChI is InChI=1S/C18H33N9/c1-4-10-13(7-25-16(19)20)11(5-2)15(9-27-18(23)24)12(6-3)14(10)8-26-17(21)22/h4-9H2,1-3H3,(H4,19,20,25)(H4,21,22,26)(H4,23,24,27). The van der Waals surface area contributed by atoms with E-state index < -0.39 is 0 Å². The normalized spacial score (nSPS) is 10.3. The summed E-state index contributed by atoms with van der Waals surface area (Å²) in [6.45, 7) is 7.47. The Morgan fingerprint density at radius 2 is 0.704 bits per heavy atom. The molecule has 0 unspecified atom stereocenters. The van der Waals surface area contributed by atoms with Crippen LogP contribution in [0.1, 0.15) is 54.2 Å². The second-order valence-electron chi connectivity index (χ2n) is 6.16. The smallest absolute Gasteiger partial charge is 0.186 e. The summed E-state index contributed by atoms with van der Waals surface area (Å²) < 4.78 is 0. The summed E-state index contributed by atoms with van der Waals surface area (Å²) in [7, 11) is 0. The lowest BCUT2D eigenvalue weighted by molar-refractivity contribution is 0.851. The molecule has 27 heavy (non-hydrogen) atoms. The van der Waals surface area contributed by atoms with Gasteiger partial charge >= 0.3 is 0 Å². The Hall–Kier alpha value is -2.97. The van der Waals surface area contributed by atoms with Crippen LogP contribution in [-0.2, 0) is 38.9 Å². The molecule has 0 aromatic heterocycles. The van der Waals surface area contributed by atoms with Gasteiger partial charge in [0.1, 0.15) is 0 Å². The summed E-state index contributed by atoms with van der Waals surface area (Å²) in [5.41, 5.74) is 40.2. The maximum absolute atomic E-state index is 5.57. The topological polar surface area (TPSA) is 193 Å². The summed E-state index contributed by atoms with van der Waals surface area (Å²) >= 11 is 0. The third-order valence-corrected chi connectivity index (χ3v) is 4.51. The molecule has 0 radical (unpaired) electrons. The largest absolute Gasteiger partial charge is 0.370 e. The van der Waals surface area contributed by atoms with Crippen LogP contribution < -0.4 is 34.4 Å². The van der Waals surface area contributed by atoms with E-state index in [1.807, 2.05) is 0 Å². The van der Waals surface area contributed by atoms with Crippen molar-refractivity contribution in [3.05, 3.63) is 33.4 Å². The van der Waals surface area contributed by atoms with Gasteiger partial charge in [-0.3, -0.25) is 0 Å². The molecule has 0 saturated heterocycles. The van der Waals surface area contributed by atoms with Crippen molar-refractivity contribution in [1.29, 1.82) is 0 Å². The van der Waals surface area contributed by atoms with Gasteiger partial charge in [0.2, 0.25) is 0 Å². The highest BCUT2D eigenvalue weighted by atomic mass is 15.0. The van der Waals surface area contributed by atoms with Gasteiger partial charge in [-0.25, -0.2) is 15.0 Å². The Kier molecular flexibility index (Phi) is 8.37. The summed E-state index contributed by atoms with van der Waals surface area (Å²) in [5, 5.41) is 0. The van der Waals surface area contributed by atoms with Crippen LogP contribution in [0.2, 0.25) is 0 Å². The zero-order valence-electron chi connectivity index (χ0n) is 16.5. The first-order chi connectivity index (χ1) is 12.8. The number of benzene rings is 1. The van der Waals surface area contributed by atoms with E-state index in [1.54, 1.807) is 0 Å². The molecule has 0 saturated carbocycles. The van der Waals surface area contributed by atoms with E-state index in [2.05, 4.69) is 35.7 Å². The van der Waals surface area contributed by atoms with Crippen molar-refractivity contribution in [3.8, 4) is 0 Å². The number of nitrogens with zero attached hydrogens (tertiary/aromatic N) is 3. The van der Waals surface area contributed by atoms with Crippen LogP contribution in [0.3, 0.4) is 0 Å². The molecule has 0 spiro atoms. The Balaban J connectivity index is 3.84. The molecule has 1 aromatic rings. The molecule has 0 aliphatic carbocycles. The van der Waals surface area contributed by atoms with Gasteiger partial charge in [-0.15, -0.1) is 0 Å². The van der Waals surface area contributed by atoms with Gasteiger partial charge in [-0.2, -0.15) is 0 Å². The quantitative estimate of drug-likeness (QED) is 0.253. The van der Waals surface area contributed by atoms with Crippen molar-refractivity contribution < 1.29 is 0 Å². The minimum Gasteiger partial charge on any atom is -0.370 e. The first-order valence-electron chi connectivity index (χ1n) is 9.09.